The quantitative estimate of drug-likeness (QED) is 0.857. The normalized spacial score (nSPS) is 28.0. The fourth-order valence-corrected chi connectivity index (χ4v) is 3.91. The first-order valence-corrected chi connectivity index (χ1v) is 8.95. The summed E-state index contributed by atoms with van der Waals surface area (Å²) in [7, 11) is 0. The lowest BCUT2D eigenvalue weighted by atomic mass is 9.89. The second-order valence-corrected chi connectivity index (χ2v) is 7.04. The van der Waals surface area contributed by atoms with Gasteiger partial charge in [0.15, 0.2) is 0 Å². The van der Waals surface area contributed by atoms with Gasteiger partial charge in [0.05, 0.1) is 19.3 Å². The molecule has 3 atom stereocenters. The van der Waals surface area contributed by atoms with Crippen LogP contribution >= 0.6 is 0 Å². The number of likely N-dealkylation sites (tertiary alicyclic amines) is 1. The van der Waals surface area contributed by atoms with Gasteiger partial charge in [0, 0.05) is 25.1 Å². The van der Waals surface area contributed by atoms with Gasteiger partial charge in [0.2, 0.25) is 5.91 Å². The van der Waals surface area contributed by atoms with Crippen molar-refractivity contribution in [2.75, 3.05) is 26.3 Å². The molecule has 0 aromatic heterocycles. The van der Waals surface area contributed by atoms with Gasteiger partial charge in [-0.2, -0.15) is 0 Å². The molecule has 1 aromatic rings. The van der Waals surface area contributed by atoms with E-state index in [1.807, 2.05) is 12.1 Å². The highest BCUT2D eigenvalue weighted by Crippen LogP contribution is 2.29. The number of aliphatic hydroxyl groups excluding tert-OH is 1. The third kappa shape index (κ3) is 4.35. The summed E-state index contributed by atoms with van der Waals surface area (Å²) in [5.74, 6) is 0.181. The van der Waals surface area contributed by atoms with Crippen molar-refractivity contribution in [2.45, 2.75) is 44.9 Å². The zero-order chi connectivity index (χ0) is 16.9. The van der Waals surface area contributed by atoms with Crippen LogP contribution in [0.25, 0.3) is 0 Å². The molecule has 0 spiro atoms. The predicted molar refractivity (Wildman–Crippen MR) is 92.6 cm³/mol. The zero-order valence-corrected chi connectivity index (χ0v) is 14.4. The van der Waals surface area contributed by atoms with Crippen LogP contribution in [0.15, 0.2) is 24.3 Å². The van der Waals surface area contributed by atoms with Crippen LogP contribution in [0.4, 0.5) is 0 Å². The molecular formula is C19H28N2O3. The molecule has 1 aromatic carbocycles. The minimum absolute atomic E-state index is 0.0506. The van der Waals surface area contributed by atoms with Gasteiger partial charge in [0.1, 0.15) is 0 Å². The van der Waals surface area contributed by atoms with Gasteiger partial charge in [-0.3, -0.25) is 9.69 Å². The third-order valence-corrected chi connectivity index (χ3v) is 5.19. The second-order valence-electron chi connectivity index (χ2n) is 7.04. The molecule has 2 aliphatic rings. The lowest BCUT2D eigenvalue weighted by Crippen LogP contribution is -2.48. The number of carbonyl (C=O) groups excluding carboxylic acids is 1. The van der Waals surface area contributed by atoms with Crippen LogP contribution in [0.1, 0.15) is 30.4 Å². The summed E-state index contributed by atoms with van der Waals surface area (Å²) in [5, 5.41) is 13.3. The number of carbonyl (C=O) groups is 1. The molecular weight excluding hydrogens is 304 g/mol. The molecule has 3 rings (SSSR count). The van der Waals surface area contributed by atoms with E-state index in [-0.39, 0.29) is 24.0 Å². The van der Waals surface area contributed by atoms with E-state index in [0.29, 0.717) is 32.7 Å². The topological polar surface area (TPSA) is 61.8 Å². The maximum Gasteiger partial charge on any atom is 0.234 e. The Morgan fingerprint density at radius 3 is 3.08 bits per heavy atom. The molecule has 0 saturated carbocycles. The highest BCUT2D eigenvalue weighted by molar-refractivity contribution is 5.78. The second kappa shape index (κ2) is 8.10. The first-order valence-electron chi connectivity index (χ1n) is 8.95. The Balaban J connectivity index is 1.51. The first-order chi connectivity index (χ1) is 11.6. The molecule has 132 valence electrons. The molecule has 0 bridgehead atoms. The third-order valence-electron chi connectivity index (χ3n) is 5.19. The van der Waals surface area contributed by atoms with Gasteiger partial charge < -0.3 is 15.2 Å². The van der Waals surface area contributed by atoms with E-state index in [9.17, 15) is 9.90 Å². The van der Waals surface area contributed by atoms with E-state index in [1.54, 1.807) is 0 Å². The summed E-state index contributed by atoms with van der Waals surface area (Å²) in [5.41, 5.74) is 2.32. The Morgan fingerprint density at radius 2 is 2.29 bits per heavy atom. The Morgan fingerprint density at radius 1 is 1.42 bits per heavy atom. The van der Waals surface area contributed by atoms with Crippen LogP contribution in [0.3, 0.4) is 0 Å². The average molecular weight is 332 g/mol. The minimum atomic E-state index is -0.306. The van der Waals surface area contributed by atoms with Crippen molar-refractivity contribution >= 4 is 5.91 Å². The number of ether oxygens (including phenoxy) is 1. The highest BCUT2D eigenvalue weighted by atomic mass is 16.5. The van der Waals surface area contributed by atoms with Crippen molar-refractivity contribution in [3.63, 3.8) is 0 Å². The first kappa shape index (κ1) is 17.4. The number of amides is 1. The van der Waals surface area contributed by atoms with Crippen LogP contribution in [-0.2, 0) is 16.1 Å². The summed E-state index contributed by atoms with van der Waals surface area (Å²) < 4.78 is 5.55. The summed E-state index contributed by atoms with van der Waals surface area (Å²) in [6.45, 7) is 5.19. The number of benzene rings is 1. The Kier molecular flexibility index (Phi) is 5.87. The van der Waals surface area contributed by atoms with E-state index < -0.39 is 0 Å². The largest absolute Gasteiger partial charge is 0.393 e. The smallest absolute Gasteiger partial charge is 0.234 e. The molecule has 1 amide bonds. The highest BCUT2D eigenvalue weighted by Gasteiger charge is 2.37. The lowest BCUT2D eigenvalue weighted by Gasteiger charge is -2.36. The Bertz CT molecular complexity index is 563. The van der Waals surface area contributed by atoms with Crippen molar-refractivity contribution in [3.05, 3.63) is 35.4 Å². The van der Waals surface area contributed by atoms with Gasteiger partial charge in [0.25, 0.3) is 0 Å². The lowest BCUT2D eigenvalue weighted by molar-refractivity contribution is -0.124. The summed E-state index contributed by atoms with van der Waals surface area (Å²) >= 11 is 0. The maximum absolute atomic E-state index is 12.3. The van der Waals surface area contributed by atoms with E-state index >= 15 is 0 Å². The molecule has 0 aliphatic carbocycles. The Labute approximate surface area is 144 Å². The molecule has 0 unspecified atom stereocenters. The van der Waals surface area contributed by atoms with Crippen LogP contribution < -0.4 is 5.32 Å². The minimum Gasteiger partial charge on any atom is -0.393 e. The number of aryl methyl sites for hydroxylation is 1. The fraction of sp³-hybridized carbons (Fsp3) is 0.632. The summed E-state index contributed by atoms with van der Waals surface area (Å²) in [6.07, 6.45) is 2.52. The summed E-state index contributed by atoms with van der Waals surface area (Å²) in [4.78, 5) is 14.5. The van der Waals surface area contributed by atoms with E-state index in [0.717, 1.165) is 24.9 Å². The van der Waals surface area contributed by atoms with Crippen LogP contribution in [0, 0.1) is 12.8 Å². The number of nitrogens with zero attached hydrogens (tertiary/aromatic N) is 1. The number of hydrogen-bond donors (Lipinski definition) is 2. The molecule has 2 aliphatic heterocycles. The fourth-order valence-electron chi connectivity index (χ4n) is 3.91. The Hall–Kier alpha value is -1.43. The number of nitrogens with one attached hydrogen (secondary N) is 1. The SMILES string of the molecule is Cc1cccc(CNC(=O)CN2CCC[C@@H]2[C@H]2COCC[C@@H]2O)c1. The van der Waals surface area contributed by atoms with Gasteiger partial charge in [-0.05, 0) is 38.3 Å². The van der Waals surface area contributed by atoms with Gasteiger partial charge in [-0.15, -0.1) is 0 Å². The van der Waals surface area contributed by atoms with Crippen molar-refractivity contribution in [2.24, 2.45) is 5.92 Å². The molecule has 0 radical (unpaired) electrons. The zero-order valence-electron chi connectivity index (χ0n) is 14.4. The predicted octanol–water partition coefficient (Wildman–Crippen LogP) is 1.47. The van der Waals surface area contributed by atoms with Crippen LogP contribution in [0.2, 0.25) is 0 Å². The van der Waals surface area contributed by atoms with Crippen LogP contribution in [0.5, 0.6) is 0 Å². The molecule has 2 heterocycles. The van der Waals surface area contributed by atoms with Crippen molar-refractivity contribution < 1.29 is 14.6 Å². The monoisotopic (exact) mass is 332 g/mol. The number of aliphatic hydroxyl groups is 1. The molecule has 2 fully saturated rings. The van der Waals surface area contributed by atoms with Gasteiger partial charge >= 0.3 is 0 Å². The summed E-state index contributed by atoms with van der Waals surface area (Å²) in [6, 6.07) is 8.44. The average Bonchev–Trinajstić information content (AvgIpc) is 3.01. The molecule has 5 heteroatoms. The van der Waals surface area contributed by atoms with Crippen molar-refractivity contribution in [3.8, 4) is 0 Å². The molecule has 5 nitrogen and oxygen atoms in total. The molecule has 24 heavy (non-hydrogen) atoms. The van der Waals surface area contributed by atoms with Gasteiger partial charge in [-0.25, -0.2) is 0 Å². The van der Waals surface area contributed by atoms with E-state index in [1.165, 1.54) is 5.56 Å². The number of hydrogen-bond acceptors (Lipinski definition) is 4. The van der Waals surface area contributed by atoms with Crippen molar-refractivity contribution in [1.82, 2.24) is 10.2 Å². The van der Waals surface area contributed by atoms with Crippen molar-refractivity contribution in [1.29, 1.82) is 0 Å². The van der Waals surface area contributed by atoms with E-state index in [2.05, 4.69) is 29.3 Å². The van der Waals surface area contributed by atoms with Gasteiger partial charge in [-0.1, -0.05) is 29.8 Å². The molecule has 2 N–H and O–H groups in total. The number of rotatable bonds is 5. The van der Waals surface area contributed by atoms with E-state index in [4.69, 9.17) is 4.74 Å². The standard InChI is InChI=1S/C19H28N2O3/c1-14-4-2-5-15(10-14)11-20-19(23)12-21-8-3-6-17(21)16-13-24-9-7-18(16)22/h2,4-5,10,16-18,22H,3,6-9,11-13H2,1H3,(H,20,23)/t16-,17-,18+/m1/s1. The maximum atomic E-state index is 12.3. The van der Waals surface area contributed by atoms with Crippen LogP contribution in [-0.4, -0.2) is 54.4 Å². The molecule has 2 saturated heterocycles.